The molecule has 10 heteroatoms. The number of anilines is 1. The van der Waals surface area contributed by atoms with Crippen molar-refractivity contribution in [2.45, 2.75) is 13.0 Å². The van der Waals surface area contributed by atoms with Gasteiger partial charge in [0.1, 0.15) is 17.3 Å². The Hall–Kier alpha value is -4.34. The first-order valence-electron chi connectivity index (χ1n) is 9.02. The highest BCUT2D eigenvalue weighted by atomic mass is 19.1. The van der Waals surface area contributed by atoms with Gasteiger partial charge in [-0.25, -0.2) is 4.39 Å². The Morgan fingerprint density at radius 1 is 1.16 bits per heavy atom. The second kappa shape index (κ2) is 7.48. The van der Waals surface area contributed by atoms with E-state index in [1.807, 2.05) is 0 Å². The SMILES string of the molecule is Cc1cc(N2C(=O)C(=O)/C(=C(\O)c3ccc(F)cc3)C2c2ccc([N+](=O)[O-])cc2)no1. The number of carbonyl (C=O) groups is 2. The van der Waals surface area contributed by atoms with Crippen LogP contribution in [-0.4, -0.2) is 26.9 Å². The van der Waals surface area contributed by atoms with Gasteiger partial charge in [0, 0.05) is 23.8 Å². The predicted molar refractivity (Wildman–Crippen MR) is 106 cm³/mol. The molecule has 3 aromatic rings. The first kappa shape index (κ1) is 20.0. The molecule has 1 unspecified atom stereocenters. The Balaban J connectivity index is 1.92. The number of aromatic nitrogens is 1. The van der Waals surface area contributed by atoms with E-state index >= 15 is 0 Å². The molecule has 0 radical (unpaired) electrons. The first-order valence-corrected chi connectivity index (χ1v) is 9.02. The van der Waals surface area contributed by atoms with E-state index in [1.54, 1.807) is 6.92 Å². The maximum atomic E-state index is 13.3. The van der Waals surface area contributed by atoms with Crippen molar-refractivity contribution in [1.29, 1.82) is 0 Å². The Bertz CT molecular complexity index is 1230. The molecule has 1 aromatic heterocycles. The van der Waals surface area contributed by atoms with Crippen molar-refractivity contribution in [3.05, 3.63) is 93.0 Å². The molecule has 0 saturated carbocycles. The van der Waals surface area contributed by atoms with Gasteiger partial charge in [-0.3, -0.25) is 24.6 Å². The number of nitro benzene ring substituents is 1. The second-order valence-corrected chi connectivity index (χ2v) is 6.82. The van der Waals surface area contributed by atoms with Gasteiger partial charge in [0.2, 0.25) is 0 Å². The topological polar surface area (TPSA) is 127 Å². The van der Waals surface area contributed by atoms with Gasteiger partial charge in [-0.1, -0.05) is 5.16 Å². The zero-order chi connectivity index (χ0) is 22.3. The van der Waals surface area contributed by atoms with Crippen molar-refractivity contribution in [3.63, 3.8) is 0 Å². The minimum absolute atomic E-state index is 0.0427. The molecule has 1 amide bonds. The summed E-state index contributed by atoms with van der Waals surface area (Å²) in [6, 6.07) is 10.3. The number of carbonyl (C=O) groups excluding carboxylic acids is 2. The average molecular weight is 423 g/mol. The first-order chi connectivity index (χ1) is 14.8. The lowest BCUT2D eigenvalue weighted by Crippen LogP contribution is -2.29. The number of nitrogens with zero attached hydrogens (tertiary/aromatic N) is 3. The molecule has 156 valence electrons. The normalized spacial score (nSPS) is 17.9. The van der Waals surface area contributed by atoms with Crippen LogP contribution in [0.1, 0.15) is 22.9 Å². The summed E-state index contributed by atoms with van der Waals surface area (Å²) in [5.41, 5.74) is 0.0133. The number of non-ortho nitro benzene ring substituents is 1. The fourth-order valence-corrected chi connectivity index (χ4v) is 3.39. The van der Waals surface area contributed by atoms with Crippen LogP contribution >= 0.6 is 0 Å². The standard InChI is InChI=1S/C21H14FN3O6/c1-11-10-16(23-31-11)24-18(12-4-8-15(9-5-12)25(29)30)17(20(27)21(24)28)19(26)13-2-6-14(22)7-3-13/h2-10,18,26H,1H3/b19-17-. The maximum Gasteiger partial charge on any atom is 0.301 e. The molecule has 1 aliphatic heterocycles. The highest BCUT2D eigenvalue weighted by Gasteiger charge is 2.48. The number of hydrogen-bond donors (Lipinski definition) is 1. The van der Waals surface area contributed by atoms with Crippen LogP contribution < -0.4 is 4.90 Å². The molecule has 1 N–H and O–H groups in total. The van der Waals surface area contributed by atoms with Crippen LogP contribution in [0, 0.1) is 22.9 Å². The van der Waals surface area contributed by atoms with Crippen LogP contribution in [0.3, 0.4) is 0 Å². The summed E-state index contributed by atoms with van der Waals surface area (Å²) >= 11 is 0. The van der Waals surface area contributed by atoms with Crippen molar-refractivity contribution >= 4 is 29.0 Å². The highest BCUT2D eigenvalue weighted by Crippen LogP contribution is 2.42. The molecule has 0 aliphatic carbocycles. The molecule has 0 spiro atoms. The Morgan fingerprint density at radius 2 is 1.81 bits per heavy atom. The lowest BCUT2D eigenvalue weighted by atomic mass is 9.95. The van der Waals surface area contributed by atoms with Gasteiger partial charge in [-0.05, 0) is 48.9 Å². The third-order valence-electron chi connectivity index (χ3n) is 4.84. The number of hydrogen-bond acceptors (Lipinski definition) is 7. The number of halogens is 1. The summed E-state index contributed by atoms with van der Waals surface area (Å²) in [7, 11) is 0. The summed E-state index contributed by atoms with van der Waals surface area (Å²) in [5.74, 6) is -2.56. The molecule has 1 atom stereocenters. The van der Waals surface area contributed by atoms with Crippen molar-refractivity contribution < 1.29 is 28.5 Å². The molecule has 1 aliphatic rings. The van der Waals surface area contributed by atoms with E-state index in [1.165, 1.54) is 42.5 Å². The van der Waals surface area contributed by atoms with Crippen molar-refractivity contribution in [3.8, 4) is 0 Å². The summed E-state index contributed by atoms with van der Waals surface area (Å²) < 4.78 is 18.3. The third kappa shape index (κ3) is 3.44. The fraction of sp³-hybridized carbons (Fsp3) is 0.0952. The van der Waals surface area contributed by atoms with Crippen LogP contribution in [0.15, 0.2) is 64.7 Å². The Kier molecular flexibility index (Phi) is 4.82. The van der Waals surface area contributed by atoms with Crippen LogP contribution in [0.25, 0.3) is 5.76 Å². The largest absolute Gasteiger partial charge is 0.507 e. The van der Waals surface area contributed by atoms with E-state index in [-0.39, 0.29) is 22.6 Å². The van der Waals surface area contributed by atoms with E-state index in [4.69, 9.17) is 4.52 Å². The van der Waals surface area contributed by atoms with Crippen LogP contribution in [-0.2, 0) is 9.59 Å². The third-order valence-corrected chi connectivity index (χ3v) is 4.84. The number of aryl methyl sites for hydroxylation is 1. The molecule has 1 saturated heterocycles. The van der Waals surface area contributed by atoms with Crippen LogP contribution in [0.5, 0.6) is 0 Å². The number of benzene rings is 2. The number of rotatable bonds is 4. The predicted octanol–water partition coefficient (Wildman–Crippen LogP) is 3.66. The van der Waals surface area contributed by atoms with Gasteiger partial charge in [-0.2, -0.15) is 0 Å². The van der Waals surface area contributed by atoms with Gasteiger partial charge in [0.05, 0.1) is 16.5 Å². The molecule has 1 fully saturated rings. The molecule has 2 heterocycles. The summed E-state index contributed by atoms with van der Waals surface area (Å²) in [6.45, 7) is 1.60. The molecular weight excluding hydrogens is 409 g/mol. The Morgan fingerprint density at radius 3 is 2.35 bits per heavy atom. The zero-order valence-corrected chi connectivity index (χ0v) is 16.0. The number of Topliss-reactive ketones (excluding diaryl/α,β-unsaturated/α-hetero) is 1. The smallest absolute Gasteiger partial charge is 0.301 e. The van der Waals surface area contributed by atoms with Gasteiger partial charge in [0.25, 0.3) is 11.5 Å². The number of aliphatic hydroxyl groups excluding tert-OH is 1. The Labute approximate surface area is 174 Å². The van der Waals surface area contributed by atoms with E-state index < -0.39 is 34.2 Å². The minimum Gasteiger partial charge on any atom is -0.507 e. The van der Waals surface area contributed by atoms with Crippen molar-refractivity contribution in [2.24, 2.45) is 0 Å². The number of ketones is 1. The number of amides is 1. The van der Waals surface area contributed by atoms with Gasteiger partial charge in [0.15, 0.2) is 5.82 Å². The van der Waals surface area contributed by atoms with E-state index in [0.29, 0.717) is 11.3 Å². The monoisotopic (exact) mass is 423 g/mol. The quantitative estimate of drug-likeness (QED) is 0.223. The van der Waals surface area contributed by atoms with Gasteiger partial charge in [-0.15, -0.1) is 0 Å². The maximum absolute atomic E-state index is 13.3. The fourth-order valence-electron chi connectivity index (χ4n) is 3.39. The van der Waals surface area contributed by atoms with E-state index in [9.17, 15) is 29.2 Å². The molecule has 9 nitrogen and oxygen atoms in total. The molecular formula is C21H14FN3O6. The van der Waals surface area contributed by atoms with Crippen LogP contribution in [0.4, 0.5) is 15.9 Å². The zero-order valence-electron chi connectivity index (χ0n) is 16.0. The number of nitro groups is 1. The second-order valence-electron chi connectivity index (χ2n) is 6.82. The van der Waals surface area contributed by atoms with Crippen LogP contribution in [0.2, 0.25) is 0 Å². The summed E-state index contributed by atoms with van der Waals surface area (Å²) in [6.07, 6.45) is 0. The summed E-state index contributed by atoms with van der Waals surface area (Å²) in [5, 5.41) is 25.6. The molecule has 0 bridgehead atoms. The lowest BCUT2D eigenvalue weighted by Gasteiger charge is -2.22. The lowest BCUT2D eigenvalue weighted by molar-refractivity contribution is -0.384. The number of aliphatic hydroxyl groups is 1. The van der Waals surface area contributed by atoms with Gasteiger partial charge < -0.3 is 9.63 Å². The average Bonchev–Trinajstić information content (AvgIpc) is 3.29. The summed E-state index contributed by atoms with van der Waals surface area (Å²) in [4.78, 5) is 37.2. The molecule has 31 heavy (non-hydrogen) atoms. The van der Waals surface area contributed by atoms with Crippen molar-refractivity contribution in [2.75, 3.05) is 4.90 Å². The minimum atomic E-state index is -1.13. The van der Waals surface area contributed by atoms with Crippen molar-refractivity contribution in [1.82, 2.24) is 5.16 Å². The van der Waals surface area contributed by atoms with Gasteiger partial charge >= 0.3 is 5.91 Å². The van der Waals surface area contributed by atoms with E-state index in [0.717, 1.165) is 17.0 Å². The van der Waals surface area contributed by atoms with E-state index in [2.05, 4.69) is 5.16 Å². The highest BCUT2D eigenvalue weighted by molar-refractivity contribution is 6.51. The molecule has 4 rings (SSSR count). The molecule has 2 aromatic carbocycles.